The van der Waals surface area contributed by atoms with Gasteiger partial charge in [-0.05, 0) is 19.3 Å². The minimum Gasteiger partial charge on any atom is -0.359 e. The third-order valence-corrected chi connectivity index (χ3v) is 2.61. The van der Waals surface area contributed by atoms with Crippen LogP contribution in [0.4, 0.5) is 5.13 Å². The molecule has 0 aliphatic heterocycles. The lowest BCUT2D eigenvalue weighted by Gasteiger charge is -2.13. The van der Waals surface area contributed by atoms with Gasteiger partial charge in [0.05, 0.1) is 0 Å². The Hall–Kier alpha value is -0.680. The molecule has 0 aliphatic carbocycles. The van der Waals surface area contributed by atoms with E-state index in [1.807, 2.05) is 6.92 Å². The zero-order valence-electron chi connectivity index (χ0n) is 8.95. The fourth-order valence-corrected chi connectivity index (χ4v) is 1.87. The van der Waals surface area contributed by atoms with E-state index in [-0.39, 0.29) is 6.04 Å². The summed E-state index contributed by atoms with van der Waals surface area (Å²) in [6.45, 7) is 7.06. The fourth-order valence-electron chi connectivity index (χ4n) is 1.28. The third-order valence-electron chi connectivity index (χ3n) is 1.82. The molecule has 1 atom stereocenters. The van der Waals surface area contributed by atoms with Crippen LogP contribution in [-0.4, -0.2) is 22.8 Å². The SMILES string of the molecule is Cc1nnc(NCC(N)CC(C)C)s1. The number of hydrogen-bond acceptors (Lipinski definition) is 5. The average molecular weight is 214 g/mol. The first kappa shape index (κ1) is 11.4. The van der Waals surface area contributed by atoms with Crippen molar-refractivity contribution in [2.75, 3.05) is 11.9 Å². The van der Waals surface area contributed by atoms with Gasteiger partial charge in [-0.2, -0.15) is 0 Å². The summed E-state index contributed by atoms with van der Waals surface area (Å²) in [6.07, 6.45) is 1.03. The Morgan fingerprint density at radius 3 is 2.64 bits per heavy atom. The summed E-state index contributed by atoms with van der Waals surface area (Å²) in [5.41, 5.74) is 5.92. The van der Waals surface area contributed by atoms with E-state index in [0.717, 1.165) is 23.1 Å². The van der Waals surface area contributed by atoms with Gasteiger partial charge in [-0.25, -0.2) is 0 Å². The maximum Gasteiger partial charge on any atom is 0.205 e. The van der Waals surface area contributed by atoms with E-state index in [1.165, 1.54) is 0 Å². The number of hydrogen-bond donors (Lipinski definition) is 2. The van der Waals surface area contributed by atoms with Crippen LogP contribution in [0.25, 0.3) is 0 Å². The number of aromatic nitrogens is 2. The Morgan fingerprint density at radius 1 is 1.43 bits per heavy atom. The molecule has 0 bridgehead atoms. The maximum atomic E-state index is 5.92. The van der Waals surface area contributed by atoms with Crippen molar-refractivity contribution in [2.24, 2.45) is 11.7 Å². The molecule has 5 heteroatoms. The topological polar surface area (TPSA) is 63.8 Å². The van der Waals surface area contributed by atoms with Crippen molar-refractivity contribution >= 4 is 16.5 Å². The van der Waals surface area contributed by atoms with Gasteiger partial charge in [-0.1, -0.05) is 25.2 Å². The van der Waals surface area contributed by atoms with Crippen molar-refractivity contribution in [1.29, 1.82) is 0 Å². The first-order valence-electron chi connectivity index (χ1n) is 4.87. The normalized spacial score (nSPS) is 13.2. The van der Waals surface area contributed by atoms with E-state index in [4.69, 9.17) is 5.73 Å². The summed E-state index contributed by atoms with van der Waals surface area (Å²) in [6, 6.07) is 0.194. The van der Waals surface area contributed by atoms with Gasteiger partial charge < -0.3 is 11.1 Å². The van der Waals surface area contributed by atoms with Crippen LogP contribution in [0.15, 0.2) is 0 Å². The molecule has 0 radical (unpaired) electrons. The maximum absolute atomic E-state index is 5.92. The largest absolute Gasteiger partial charge is 0.359 e. The lowest BCUT2D eigenvalue weighted by molar-refractivity contribution is 0.508. The van der Waals surface area contributed by atoms with Crippen molar-refractivity contribution in [3.63, 3.8) is 0 Å². The predicted octanol–water partition coefficient (Wildman–Crippen LogP) is 1.63. The Kier molecular flexibility index (Phi) is 4.28. The Morgan fingerprint density at radius 2 is 2.14 bits per heavy atom. The minimum absolute atomic E-state index is 0.194. The second-order valence-corrected chi connectivity index (χ2v) is 5.08. The lowest BCUT2D eigenvalue weighted by atomic mass is 10.1. The smallest absolute Gasteiger partial charge is 0.205 e. The van der Waals surface area contributed by atoms with Gasteiger partial charge in [0.25, 0.3) is 0 Å². The number of rotatable bonds is 5. The second-order valence-electron chi connectivity index (χ2n) is 3.90. The van der Waals surface area contributed by atoms with Crippen LogP contribution in [0.1, 0.15) is 25.3 Å². The highest BCUT2D eigenvalue weighted by Gasteiger charge is 2.06. The summed E-state index contributed by atoms with van der Waals surface area (Å²) in [7, 11) is 0. The predicted molar refractivity (Wildman–Crippen MR) is 60.6 cm³/mol. The number of nitrogens with two attached hydrogens (primary N) is 1. The highest BCUT2D eigenvalue weighted by atomic mass is 32.1. The zero-order valence-corrected chi connectivity index (χ0v) is 9.77. The lowest BCUT2D eigenvalue weighted by Crippen LogP contribution is -2.30. The highest BCUT2D eigenvalue weighted by molar-refractivity contribution is 7.15. The number of nitrogens with zero attached hydrogens (tertiary/aromatic N) is 2. The van der Waals surface area contributed by atoms with E-state index >= 15 is 0 Å². The van der Waals surface area contributed by atoms with Crippen LogP contribution in [0.3, 0.4) is 0 Å². The molecule has 14 heavy (non-hydrogen) atoms. The molecule has 1 aromatic rings. The molecular formula is C9H18N4S. The van der Waals surface area contributed by atoms with Gasteiger partial charge in [-0.3, -0.25) is 0 Å². The van der Waals surface area contributed by atoms with Crippen molar-refractivity contribution in [3.8, 4) is 0 Å². The Labute approximate surface area is 88.9 Å². The van der Waals surface area contributed by atoms with Crippen LogP contribution in [0.5, 0.6) is 0 Å². The van der Waals surface area contributed by atoms with Crippen LogP contribution < -0.4 is 11.1 Å². The molecule has 4 nitrogen and oxygen atoms in total. The Bertz CT molecular complexity index is 272. The van der Waals surface area contributed by atoms with Crippen molar-refractivity contribution in [2.45, 2.75) is 33.2 Å². The number of aryl methyl sites for hydroxylation is 1. The molecule has 0 amide bonds. The molecule has 1 heterocycles. The molecule has 1 rings (SSSR count). The van der Waals surface area contributed by atoms with Crippen molar-refractivity contribution in [3.05, 3.63) is 5.01 Å². The minimum atomic E-state index is 0.194. The first-order chi connectivity index (χ1) is 6.58. The zero-order chi connectivity index (χ0) is 10.6. The van der Waals surface area contributed by atoms with Gasteiger partial charge in [0.15, 0.2) is 0 Å². The number of nitrogens with one attached hydrogen (secondary N) is 1. The van der Waals surface area contributed by atoms with E-state index < -0.39 is 0 Å². The summed E-state index contributed by atoms with van der Waals surface area (Å²) >= 11 is 1.56. The van der Waals surface area contributed by atoms with Crippen molar-refractivity contribution in [1.82, 2.24) is 10.2 Å². The first-order valence-corrected chi connectivity index (χ1v) is 5.69. The van der Waals surface area contributed by atoms with E-state index in [1.54, 1.807) is 11.3 Å². The molecular weight excluding hydrogens is 196 g/mol. The third kappa shape index (κ3) is 4.02. The highest BCUT2D eigenvalue weighted by Crippen LogP contribution is 2.13. The summed E-state index contributed by atoms with van der Waals surface area (Å²) < 4.78 is 0. The monoisotopic (exact) mass is 214 g/mol. The van der Waals surface area contributed by atoms with Crippen LogP contribution in [0.2, 0.25) is 0 Å². The van der Waals surface area contributed by atoms with Gasteiger partial charge >= 0.3 is 0 Å². The molecule has 0 saturated carbocycles. The van der Waals surface area contributed by atoms with E-state index in [9.17, 15) is 0 Å². The standard InChI is InChI=1S/C9H18N4S/c1-6(2)4-8(10)5-11-9-13-12-7(3)14-9/h6,8H,4-5,10H2,1-3H3,(H,11,13). The summed E-state index contributed by atoms with van der Waals surface area (Å²) in [5.74, 6) is 0.642. The Balaban J connectivity index is 2.26. The molecule has 80 valence electrons. The average Bonchev–Trinajstić information content (AvgIpc) is 2.47. The fraction of sp³-hybridized carbons (Fsp3) is 0.778. The van der Waals surface area contributed by atoms with E-state index in [2.05, 4.69) is 29.4 Å². The van der Waals surface area contributed by atoms with Crippen LogP contribution in [0, 0.1) is 12.8 Å². The molecule has 0 spiro atoms. The van der Waals surface area contributed by atoms with Crippen molar-refractivity contribution < 1.29 is 0 Å². The molecule has 0 fully saturated rings. The van der Waals surface area contributed by atoms with Crippen LogP contribution in [-0.2, 0) is 0 Å². The summed E-state index contributed by atoms with van der Waals surface area (Å²) in [5, 5.41) is 12.9. The summed E-state index contributed by atoms with van der Waals surface area (Å²) in [4.78, 5) is 0. The van der Waals surface area contributed by atoms with Crippen LogP contribution >= 0.6 is 11.3 Å². The molecule has 1 aromatic heterocycles. The molecule has 0 saturated heterocycles. The molecule has 3 N–H and O–H groups in total. The van der Waals surface area contributed by atoms with Gasteiger partial charge in [0, 0.05) is 12.6 Å². The van der Waals surface area contributed by atoms with Gasteiger partial charge in [0.2, 0.25) is 5.13 Å². The quantitative estimate of drug-likeness (QED) is 0.782. The number of anilines is 1. The molecule has 1 unspecified atom stereocenters. The van der Waals surface area contributed by atoms with E-state index in [0.29, 0.717) is 5.92 Å². The second kappa shape index (κ2) is 5.26. The van der Waals surface area contributed by atoms with Gasteiger partial charge in [-0.15, -0.1) is 10.2 Å². The van der Waals surface area contributed by atoms with Gasteiger partial charge in [0.1, 0.15) is 5.01 Å². The molecule has 0 aliphatic rings. The molecule has 0 aromatic carbocycles.